The first-order valence-corrected chi connectivity index (χ1v) is 11.3. The third kappa shape index (κ3) is 6.07. The summed E-state index contributed by atoms with van der Waals surface area (Å²) in [4.78, 5) is 35.9. The second kappa shape index (κ2) is 11.6. The van der Waals surface area contributed by atoms with E-state index < -0.39 is 67.0 Å². The number of aliphatic carboxylic acids is 1. The maximum Gasteiger partial charge on any atom is 0.364 e. The molecule has 0 radical (unpaired) electrons. The average molecular weight is 503 g/mol. The van der Waals surface area contributed by atoms with E-state index in [4.69, 9.17) is 9.47 Å². The molecule has 1 saturated heterocycles. The lowest BCUT2D eigenvalue weighted by molar-refractivity contribution is -0.303. The molecular formula is C25H30N2O9. The normalized spacial score (nSPS) is 25.4. The van der Waals surface area contributed by atoms with Crippen molar-refractivity contribution < 1.29 is 44.3 Å². The summed E-state index contributed by atoms with van der Waals surface area (Å²) in [5, 5.41) is 46.3. The van der Waals surface area contributed by atoms with E-state index in [1.54, 1.807) is 24.3 Å². The summed E-state index contributed by atoms with van der Waals surface area (Å²) in [5.41, 5.74) is 2.22. The van der Waals surface area contributed by atoms with Crippen molar-refractivity contribution in [2.45, 2.75) is 49.6 Å². The van der Waals surface area contributed by atoms with Crippen LogP contribution >= 0.6 is 0 Å². The smallest absolute Gasteiger partial charge is 0.364 e. The van der Waals surface area contributed by atoms with Crippen molar-refractivity contribution in [1.29, 1.82) is 0 Å². The highest BCUT2D eigenvalue weighted by atomic mass is 16.7. The molecule has 1 aliphatic rings. The molecule has 0 spiro atoms. The highest BCUT2D eigenvalue weighted by Crippen LogP contribution is 2.33. The Bertz CT molecular complexity index is 1060. The summed E-state index contributed by atoms with van der Waals surface area (Å²) in [6.45, 7) is 0.751. The number of carboxylic acid groups (broad SMARTS) is 1. The van der Waals surface area contributed by atoms with Crippen molar-refractivity contribution in [2.75, 3.05) is 13.7 Å². The molecule has 0 aliphatic carbocycles. The summed E-state index contributed by atoms with van der Waals surface area (Å²) < 4.78 is 10.4. The van der Waals surface area contributed by atoms with Crippen LogP contribution in [0.1, 0.15) is 23.7 Å². The first-order chi connectivity index (χ1) is 17.1. The first kappa shape index (κ1) is 27.2. The molecule has 2 aromatic rings. The maximum atomic E-state index is 12.6. The highest BCUT2D eigenvalue weighted by Gasteiger charge is 2.55. The zero-order valence-electron chi connectivity index (χ0n) is 19.8. The van der Waals surface area contributed by atoms with Gasteiger partial charge in [-0.25, -0.2) is 4.79 Å². The number of hydrogen-bond acceptors (Lipinski definition) is 8. The van der Waals surface area contributed by atoms with Crippen LogP contribution in [0.15, 0.2) is 54.6 Å². The molecule has 0 aromatic heterocycles. The SMILES string of the molecule is CO[C@]1(C(=O)O)C[C@@H](O)C(NC(C)=O)C([C@H](O)[C@H](O)CNC(=O)c2ccc(-c3ccccc3)cc2)O1. The number of carboxylic acids is 1. The predicted molar refractivity (Wildman–Crippen MR) is 127 cm³/mol. The van der Waals surface area contributed by atoms with Gasteiger partial charge in [-0.1, -0.05) is 42.5 Å². The fourth-order valence-corrected chi connectivity index (χ4v) is 4.10. The van der Waals surface area contributed by atoms with Gasteiger partial charge in [0.25, 0.3) is 11.7 Å². The van der Waals surface area contributed by atoms with Gasteiger partial charge in [0.1, 0.15) is 12.2 Å². The van der Waals surface area contributed by atoms with E-state index in [1.165, 1.54) is 6.92 Å². The zero-order chi connectivity index (χ0) is 26.5. The van der Waals surface area contributed by atoms with Crippen molar-refractivity contribution in [3.8, 4) is 11.1 Å². The minimum atomic E-state index is -2.30. The van der Waals surface area contributed by atoms with Crippen LogP contribution < -0.4 is 10.6 Å². The number of methoxy groups -OCH3 is 1. The molecule has 2 amide bonds. The van der Waals surface area contributed by atoms with E-state index in [-0.39, 0.29) is 0 Å². The Kier molecular flexibility index (Phi) is 8.77. The van der Waals surface area contributed by atoms with E-state index >= 15 is 0 Å². The molecule has 0 bridgehead atoms. The number of carbonyl (C=O) groups excluding carboxylic acids is 2. The van der Waals surface area contributed by atoms with Crippen molar-refractivity contribution in [3.05, 3.63) is 60.2 Å². The van der Waals surface area contributed by atoms with Crippen molar-refractivity contribution in [2.24, 2.45) is 0 Å². The van der Waals surface area contributed by atoms with Gasteiger partial charge in [-0.05, 0) is 23.3 Å². The van der Waals surface area contributed by atoms with E-state index in [9.17, 15) is 34.8 Å². The van der Waals surface area contributed by atoms with Crippen LogP contribution in [-0.4, -0.2) is 88.1 Å². The Morgan fingerprint density at radius 2 is 1.69 bits per heavy atom. The molecule has 6 atom stereocenters. The molecule has 2 unspecified atom stereocenters. The number of amides is 2. The summed E-state index contributed by atoms with van der Waals surface area (Å²) in [7, 11) is 1.06. The van der Waals surface area contributed by atoms with Gasteiger partial charge >= 0.3 is 5.97 Å². The molecule has 1 heterocycles. The molecule has 11 nitrogen and oxygen atoms in total. The van der Waals surface area contributed by atoms with Crippen LogP contribution in [0.2, 0.25) is 0 Å². The summed E-state index contributed by atoms with van der Waals surface area (Å²) in [6, 6.07) is 15.1. The third-order valence-electron chi connectivity index (χ3n) is 6.06. The quantitative estimate of drug-likeness (QED) is 0.273. The lowest BCUT2D eigenvalue weighted by Crippen LogP contribution is -2.68. The Morgan fingerprint density at radius 1 is 1.08 bits per heavy atom. The van der Waals surface area contributed by atoms with Crippen LogP contribution in [0.5, 0.6) is 0 Å². The molecule has 36 heavy (non-hydrogen) atoms. The summed E-state index contributed by atoms with van der Waals surface area (Å²) >= 11 is 0. The molecule has 11 heteroatoms. The minimum Gasteiger partial charge on any atom is -0.477 e. The van der Waals surface area contributed by atoms with Crippen molar-refractivity contribution in [3.63, 3.8) is 0 Å². The van der Waals surface area contributed by atoms with Crippen molar-refractivity contribution in [1.82, 2.24) is 10.6 Å². The monoisotopic (exact) mass is 502 g/mol. The Hall–Kier alpha value is -3.35. The van der Waals surface area contributed by atoms with Gasteiger partial charge in [-0.2, -0.15) is 0 Å². The molecular weight excluding hydrogens is 472 g/mol. The van der Waals surface area contributed by atoms with Gasteiger partial charge in [-0.3, -0.25) is 9.59 Å². The van der Waals surface area contributed by atoms with Gasteiger partial charge in [-0.15, -0.1) is 0 Å². The van der Waals surface area contributed by atoms with Crippen LogP contribution in [0.3, 0.4) is 0 Å². The topological polar surface area (TPSA) is 175 Å². The first-order valence-electron chi connectivity index (χ1n) is 11.3. The lowest BCUT2D eigenvalue weighted by Gasteiger charge is -2.46. The van der Waals surface area contributed by atoms with Crippen LogP contribution in [0, 0.1) is 0 Å². The van der Waals surface area contributed by atoms with Crippen LogP contribution in [0.25, 0.3) is 11.1 Å². The average Bonchev–Trinajstić information content (AvgIpc) is 2.88. The fourth-order valence-electron chi connectivity index (χ4n) is 4.10. The van der Waals surface area contributed by atoms with E-state index in [1.807, 2.05) is 30.3 Å². The molecule has 6 N–H and O–H groups in total. The predicted octanol–water partition coefficient (Wildman–Crippen LogP) is -0.113. The van der Waals surface area contributed by atoms with E-state index in [0.717, 1.165) is 18.2 Å². The third-order valence-corrected chi connectivity index (χ3v) is 6.06. The molecule has 3 rings (SSSR count). The second-order valence-corrected chi connectivity index (χ2v) is 8.55. The molecule has 1 aliphatic heterocycles. The number of aliphatic hydroxyl groups is 3. The Labute approximate surface area is 207 Å². The van der Waals surface area contributed by atoms with Gasteiger partial charge < -0.3 is 40.5 Å². The molecule has 194 valence electrons. The Balaban J connectivity index is 1.68. The number of ether oxygens (including phenoxy) is 2. The maximum absolute atomic E-state index is 12.6. The summed E-state index contributed by atoms with van der Waals surface area (Å²) in [6.07, 6.45) is -6.99. The number of nitrogens with one attached hydrogen (secondary N) is 2. The molecule has 2 aromatic carbocycles. The molecule has 0 saturated carbocycles. The van der Waals surface area contributed by atoms with Crippen LogP contribution in [-0.2, 0) is 19.1 Å². The van der Waals surface area contributed by atoms with Gasteiger partial charge in [0, 0.05) is 32.6 Å². The minimum absolute atomic E-state index is 0.320. The van der Waals surface area contributed by atoms with Gasteiger partial charge in [0.15, 0.2) is 0 Å². The largest absolute Gasteiger partial charge is 0.477 e. The van der Waals surface area contributed by atoms with Gasteiger partial charge in [0.05, 0.1) is 18.2 Å². The fraction of sp³-hybridized carbons (Fsp3) is 0.400. The number of rotatable bonds is 9. The lowest BCUT2D eigenvalue weighted by atomic mass is 9.88. The number of aliphatic hydroxyl groups excluding tert-OH is 3. The number of carbonyl (C=O) groups is 3. The summed E-state index contributed by atoms with van der Waals surface area (Å²) in [5.74, 6) is -4.93. The number of hydrogen-bond donors (Lipinski definition) is 6. The molecule has 1 fully saturated rings. The van der Waals surface area contributed by atoms with Gasteiger partial charge in [0.2, 0.25) is 5.91 Å². The highest BCUT2D eigenvalue weighted by molar-refractivity contribution is 5.94. The zero-order valence-corrected chi connectivity index (χ0v) is 19.8. The second-order valence-electron chi connectivity index (χ2n) is 8.55. The Morgan fingerprint density at radius 3 is 2.25 bits per heavy atom. The van der Waals surface area contributed by atoms with Crippen LogP contribution in [0.4, 0.5) is 0 Å². The van der Waals surface area contributed by atoms with E-state index in [2.05, 4.69) is 10.6 Å². The van der Waals surface area contributed by atoms with Crippen molar-refractivity contribution >= 4 is 17.8 Å². The number of benzene rings is 2. The van der Waals surface area contributed by atoms with E-state index in [0.29, 0.717) is 5.56 Å². The standard InChI is InChI=1S/C25H30N2O9/c1-14(28)27-20-18(29)12-25(35-2,24(33)34)36-22(20)21(31)19(30)13-26-23(32)17-10-8-16(9-11-17)15-6-4-3-5-7-15/h3-11,18-22,29-31H,12-13H2,1-2H3,(H,26,32)(H,27,28)(H,33,34)/t18-,19-,20?,21-,22?,25-/m1/s1.